The van der Waals surface area contributed by atoms with Crippen molar-refractivity contribution in [3.63, 3.8) is 0 Å². The highest BCUT2D eigenvalue weighted by Gasteiger charge is 1.96. The van der Waals surface area contributed by atoms with Crippen molar-refractivity contribution in [3.8, 4) is 6.07 Å². The average Bonchev–Trinajstić information content (AvgIpc) is 2.09. The number of rotatable bonds is 7. The van der Waals surface area contributed by atoms with Crippen LogP contribution in [0.4, 0.5) is 0 Å². The van der Waals surface area contributed by atoms with Gasteiger partial charge in [-0.15, -0.1) is 0 Å². The SMILES string of the molecule is CCCOCCN(C)CCC#N. The van der Waals surface area contributed by atoms with Crippen molar-refractivity contribution >= 4 is 0 Å². The number of hydrogen-bond acceptors (Lipinski definition) is 3. The normalized spacial score (nSPS) is 10.2. The first-order valence-corrected chi connectivity index (χ1v) is 4.44. The van der Waals surface area contributed by atoms with Crippen molar-refractivity contribution in [1.82, 2.24) is 4.90 Å². The van der Waals surface area contributed by atoms with Gasteiger partial charge in [0.05, 0.1) is 12.7 Å². The maximum atomic E-state index is 8.32. The number of hydrogen-bond donors (Lipinski definition) is 0. The Morgan fingerprint density at radius 3 is 2.67 bits per heavy atom. The van der Waals surface area contributed by atoms with E-state index < -0.39 is 0 Å². The number of ether oxygens (including phenoxy) is 1. The molecule has 0 radical (unpaired) electrons. The summed E-state index contributed by atoms with van der Waals surface area (Å²) < 4.78 is 5.31. The lowest BCUT2D eigenvalue weighted by Gasteiger charge is -2.14. The molecule has 0 unspecified atom stereocenters. The quantitative estimate of drug-likeness (QED) is 0.540. The van der Waals surface area contributed by atoms with Crippen LogP contribution in [-0.2, 0) is 4.74 Å². The zero-order chi connectivity index (χ0) is 9.23. The standard InChI is InChI=1S/C9H18N2O/c1-3-8-12-9-7-11(2)6-4-5-10/h3-4,6-9H2,1-2H3. The molecular weight excluding hydrogens is 152 g/mol. The van der Waals surface area contributed by atoms with Gasteiger partial charge in [0.15, 0.2) is 0 Å². The monoisotopic (exact) mass is 170 g/mol. The van der Waals surface area contributed by atoms with E-state index in [0.717, 1.165) is 32.7 Å². The van der Waals surface area contributed by atoms with Crippen LogP contribution in [0.3, 0.4) is 0 Å². The van der Waals surface area contributed by atoms with E-state index in [1.807, 2.05) is 7.05 Å². The summed E-state index contributed by atoms with van der Waals surface area (Å²) in [7, 11) is 2.01. The summed E-state index contributed by atoms with van der Waals surface area (Å²) in [6, 6.07) is 2.12. The Morgan fingerprint density at radius 2 is 2.08 bits per heavy atom. The van der Waals surface area contributed by atoms with Crippen LogP contribution in [0.2, 0.25) is 0 Å². The van der Waals surface area contributed by atoms with E-state index in [-0.39, 0.29) is 0 Å². The van der Waals surface area contributed by atoms with E-state index >= 15 is 0 Å². The van der Waals surface area contributed by atoms with Crippen molar-refractivity contribution in [3.05, 3.63) is 0 Å². The first-order chi connectivity index (χ1) is 5.81. The largest absolute Gasteiger partial charge is 0.380 e. The Kier molecular flexibility index (Phi) is 8.09. The Labute approximate surface area is 74.9 Å². The van der Waals surface area contributed by atoms with Crippen molar-refractivity contribution in [2.24, 2.45) is 0 Å². The molecule has 12 heavy (non-hydrogen) atoms. The third-order valence-corrected chi connectivity index (χ3v) is 1.57. The van der Waals surface area contributed by atoms with Crippen molar-refractivity contribution < 1.29 is 4.74 Å². The first-order valence-electron chi connectivity index (χ1n) is 4.44. The topological polar surface area (TPSA) is 36.3 Å². The van der Waals surface area contributed by atoms with Gasteiger partial charge < -0.3 is 9.64 Å². The summed E-state index contributed by atoms with van der Waals surface area (Å²) in [6.07, 6.45) is 1.67. The Hall–Kier alpha value is -0.590. The van der Waals surface area contributed by atoms with Crippen molar-refractivity contribution in [2.75, 3.05) is 33.4 Å². The molecule has 0 aromatic carbocycles. The van der Waals surface area contributed by atoms with Crippen LogP contribution in [0.15, 0.2) is 0 Å². The maximum absolute atomic E-state index is 8.32. The zero-order valence-corrected chi connectivity index (χ0v) is 8.05. The van der Waals surface area contributed by atoms with Gasteiger partial charge in [-0.25, -0.2) is 0 Å². The maximum Gasteiger partial charge on any atom is 0.0635 e. The highest BCUT2D eigenvalue weighted by atomic mass is 16.5. The molecule has 3 nitrogen and oxygen atoms in total. The molecular formula is C9H18N2O. The molecule has 0 heterocycles. The van der Waals surface area contributed by atoms with E-state index in [1.165, 1.54) is 0 Å². The van der Waals surface area contributed by atoms with Crippen LogP contribution in [0, 0.1) is 11.3 Å². The number of nitrogens with zero attached hydrogens (tertiary/aromatic N) is 2. The van der Waals surface area contributed by atoms with Gasteiger partial charge in [-0.3, -0.25) is 0 Å². The molecule has 0 amide bonds. The van der Waals surface area contributed by atoms with Gasteiger partial charge in [-0.2, -0.15) is 5.26 Å². The highest BCUT2D eigenvalue weighted by Crippen LogP contribution is 1.87. The fourth-order valence-electron chi connectivity index (χ4n) is 0.819. The van der Waals surface area contributed by atoms with Gasteiger partial charge >= 0.3 is 0 Å². The van der Waals surface area contributed by atoms with Crippen LogP contribution in [0.25, 0.3) is 0 Å². The van der Waals surface area contributed by atoms with Crippen LogP contribution in [0.1, 0.15) is 19.8 Å². The highest BCUT2D eigenvalue weighted by molar-refractivity contribution is 4.70. The lowest BCUT2D eigenvalue weighted by molar-refractivity contribution is 0.112. The summed E-state index contributed by atoms with van der Waals surface area (Å²) >= 11 is 0. The predicted molar refractivity (Wildman–Crippen MR) is 48.8 cm³/mol. The van der Waals surface area contributed by atoms with E-state index in [1.54, 1.807) is 0 Å². The molecule has 0 saturated heterocycles. The van der Waals surface area contributed by atoms with Gasteiger partial charge in [0.2, 0.25) is 0 Å². The van der Waals surface area contributed by atoms with E-state index in [4.69, 9.17) is 10.00 Å². The lowest BCUT2D eigenvalue weighted by atomic mass is 10.4. The molecule has 0 rings (SSSR count). The second-order valence-electron chi connectivity index (χ2n) is 2.82. The molecule has 0 aromatic rings. The molecule has 0 saturated carbocycles. The van der Waals surface area contributed by atoms with Crippen LogP contribution in [0.5, 0.6) is 0 Å². The average molecular weight is 170 g/mol. The zero-order valence-electron chi connectivity index (χ0n) is 8.05. The van der Waals surface area contributed by atoms with E-state index in [2.05, 4.69) is 17.9 Å². The molecule has 0 N–H and O–H groups in total. The second kappa shape index (κ2) is 8.51. The van der Waals surface area contributed by atoms with Gasteiger partial charge in [-0.05, 0) is 13.5 Å². The molecule has 70 valence electrons. The minimum atomic E-state index is 0.601. The fourth-order valence-corrected chi connectivity index (χ4v) is 0.819. The summed E-state index contributed by atoms with van der Waals surface area (Å²) in [6.45, 7) is 5.47. The minimum absolute atomic E-state index is 0.601. The van der Waals surface area contributed by atoms with Gasteiger partial charge in [0, 0.05) is 26.1 Å². The molecule has 0 atom stereocenters. The molecule has 0 aliphatic heterocycles. The summed E-state index contributed by atoms with van der Waals surface area (Å²) in [5.74, 6) is 0. The summed E-state index contributed by atoms with van der Waals surface area (Å²) in [4.78, 5) is 2.11. The molecule has 3 heteroatoms. The smallest absolute Gasteiger partial charge is 0.0635 e. The van der Waals surface area contributed by atoms with Crippen molar-refractivity contribution in [2.45, 2.75) is 19.8 Å². The third kappa shape index (κ3) is 7.52. The van der Waals surface area contributed by atoms with Crippen LogP contribution >= 0.6 is 0 Å². The molecule has 0 spiro atoms. The van der Waals surface area contributed by atoms with Crippen molar-refractivity contribution in [1.29, 1.82) is 5.26 Å². The third-order valence-electron chi connectivity index (χ3n) is 1.57. The predicted octanol–water partition coefficient (Wildman–Crippen LogP) is 1.26. The number of likely N-dealkylation sites (N-methyl/N-ethyl adjacent to an activating group) is 1. The number of nitriles is 1. The fraction of sp³-hybridized carbons (Fsp3) is 0.889. The lowest BCUT2D eigenvalue weighted by Crippen LogP contribution is -2.24. The minimum Gasteiger partial charge on any atom is -0.380 e. The first kappa shape index (κ1) is 11.4. The molecule has 0 bridgehead atoms. The van der Waals surface area contributed by atoms with Gasteiger partial charge in [-0.1, -0.05) is 6.92 Å². The summed E-state index contributed by atoms with van der Waals surface area (Å²) in [5, 5.41) is 8.32. The Morgan fingerprint density at radius 1 is 1.33 bits per heavy atom. The van der Waals surface area contributed by atoms with E-state index in [0.29, 0.717) is 6.42 Å². The molecule has 0 aliphatic carbocycles. The molecule has 0 aliphatic rings. The van der Waals surface area contributed by atoms with Gasteiger partial charge in [0.1, 0.15) is 0 Å². The molecule has 0 fully saturated rings. The molecule has 0 aromatic heterocycles. The van der Waals surface area contributed by atoms with Crippen LogP contribution in [-0.4, -0.2) is 38.3 Å². The van der Waals surface area contributed by atoms with Crippen LogP contribution < -0.4 is 0 Å². The van der Waals surface area contributed by atoms with E-state index in [9.17, 15) is 0 Å². The Balaban J connectivity index is 3.09. The summed E-state index contributed by atoms with van der Waals surface area (Å²) in [5.41, 5.74) is 0. The van der Waals surface area contributed by atoms with Gasteiger partial charge in [0.25, 0.3) is 0 Å². The Bertz CT molecular complexity index is 131. The second-order valence-corrected chi connectivity index (χ2v) is 2.82.